The number of carbonyl (C=O) groups excluding carboxylic acids is 3. The molecule has 0 aliphatic carbocycles. The second-order valence-corrected chi connectivity index (χ2v) is 9.37. The van der Waals surface area contributed by atoms with Gasteiger partial charge < -0.3 is 25.6 Å². The molecule has 2 rings (SSSR count). The fourth-order valence-electron chi connectivity index (χ4n) is 3.42. The summed E-state index contributed by atoms with van der Waals surface area (Å²) in [4.78, 5) is 66.4. The van der Waals surface area contributed by atoms with E-state index in [1.54, 1.807) is 0 Å². The maximum Gasteiger partial charge on any atom is 0.524 e. The molecular formula is C24H30N3O9P. The van der Waals surface area contributed by atoms with Crippen LogP contribution in [0.3, 0.4) is 0 Å². The molecule has 3 amide bonds. The molecule has 0 radical (unpaired) electrons. The van der Waals surface area contributed by atoms with Crippen molar-refractivity contribution in [1.29, 1.82) is 0 Å². The summed E-state index contributed by atoms with van der Waals surface area (Å²) in [6.07, 6.45) is 0.0215. The van der Waals surface area contributed by atoms with E-state index in [4.69, 9.17) is 14.9 Å². The molecule has 2 atom stereocenters. The van der Waals surface area contributed by atoms with Gasteiger partial charge in [0.2, 0.25) is 17.7 Å². The molecule has 2 unspecified atom stereocenters. The minimum absolute atomic E-state index is 0.0110. The normalized spacial score (nSPS) is 12.6. The highest BCUT2D eigenvalue weighted by Gasteiger charge is 2.27. The summed E-state index contributed by atoms with van der Waals surface area (Å²) in [5.74, 6) is -2.97. The third-order valence-corrected chi connectivity index (χ3v) is 5.57. The van der Waals surface area contributed by atoms with Crippen LogP contribution in [0.25, 0.3) is 0 Å². The van der Waals surface area contributed by atoms with Crippen molar-refractivity contribution in [3.05, 3.63) is 65.7 Å². The Morgan fingerprint density at radius 3 is 2.11 bits per heavy atom. The van der Waals surface area contributed by atoms with Gasteiger partial charge in [-0.25, -0.2) is 4.57 Å². The number of nitrogens with one attached hydrogen (secondary N) is 3. The molecule has 0 spiro atoms. The van der Waals surface area contributed by atoms with Crippen LogP contribution in [0, 0.1) is 0 Å². The van der Waals surface area contributed by atoms with Gasteiger partial charge in [-0.2, -0.15) is 0 Å². The lowest BCUT2D eigenvalue weighted by Crippen LogP contribution is -2.54. The Morgan fingerprint density at radius 2 is 1.54 bits per heavy atom. The number of phosphoric ester groups is 1. The monoisotopic (exact) mass is 535 g/mol. The number of carboxylic acid groups (broad SMARTS) is 1. The van der Waals surface area contributed by atoms with Crippen LogP contribution in [0.2, 0.25) is 0 Å². The van der Waals surface area contributed by atoms with Crippen molar-refractivity contribution in [2.45, 2.75) is 44.7 Å². The first kappa shape index (κ1) is 29.5. The van der Waals surface area contributed by atoms with Crippen molar-refractivity contribution in [2.24, 2.45) is 0 Å². The van der Waals surface area contributed by atoms with Gasteiger partial charge in [-0.05, 0) is 36.1 Å². The Kier molecular flexibility index (Phi) is 11.3. The van der Waals surface area contributed by atoms with Gasteiger partial charge in [-0.3, -0.25) is 29.0 Å². The van der Waals surface area contributed by atoms with E-state index in [0.29, 0.717) is 12.0 Å². The van der Waals surface area contributed by atoms with E-state index in [9.17, 15) is 23.7 Å². The highest BCUT2D eigenvalue weighted by molar-refractivity contribution is 7.46. The van der Waals surface area contributed by atoms with E-state index in [1.807, 2.05) is 30.3 Å². The minimum Gasteiger partial charge on any atom is -0.481 e. The van der Waals surface area contributed by atoms with Gasteiger partial charge in [0.15, 0.2) is 0 Å². The second-order valence-electron chi connectivity index (χ2n) is 8.20. The van der Waals surface area contributed by atoms with Crippen LogP contribution in [0.15, 0.2) is 54.6 Å². The number of amides is 3. The van der Waals surface area contributed by atoms with Crippen LogP contribution in [-0.2, 0) is 36.6 Å². The molecule has 0 heterocycles. The summed E-state index contributed by atoms with van der Waals surface area (Å²) in [5, 5.41) is 16.8. The summed E-state index contributed by atoms with van der Waals surface area (Å²) < 4.78 is 15.5. The molecule has 0 fully saturated rings. The number of aliphatic carboxylic acids is 1. The lowest BCUT2D eigenvalue weighted by atomic mass is 10.0. The van der Waals surface area contributed by atoms with E-state index in [0.717, 1.165) is 5.56 Å². The average Bonchev–Trinajstić information content (AvgIpc) is 2.81. The number of carboxylic acids is 1. The first-order chi connectivity index (χ1) is 17.4. The fraction of sp³-hybridized carbons (Fsp3) is 0.333. The molecule has 13 heteroatoms. The van der Waals surface area contributed by atoms with Crippen molar-refractivity contribution in [3.63, 3.8) is 0 Å². The van der Waals surface area contributed by atoms with Crippen LogP contribution in [0.1, 0.15) is 30.9 Å². The van der Waals surface area contributed by atoms with Crippen molar-refractivity contribution in [2.75, 3.05) is 6.54 Å². The molecule has 6 N–H and O–H groups in total. The number of hydrogen-bond donors (Lipinski definition) is 6. The maximum atomic E-state index is 13.0. The minimum atomic E-state index is -4.73. The summed E-state index contributed by atoms with van der Waals surface area (Å²) in [5.41, 5.74) is 1.53. The lowest BCUT2D eigenvalue weighted by molar-refractivity contribution is -0.138. The van der Waals surface area contributed by atoms with Gasteiger partial charge >= 0.3 is 13.8 Å². The molecule has 0 aliphatic heterocycles. The zero-order chi connectivity index (χ0) is 27.4. The van der Waals surface area contributed by atoms with Crippen LogP contribution in [0.5, 0.6) is 5.75 Å². The summed E-state index contributed by atoms with van der Waals surface area (Å²) in [7, 11) is -4.73. The Balaban J connectivity index is 2.07. The third-order valence-electron chi connectivity index (χ3n) is 5.12. The van der Waals surface area contributed by atoms with Crippen LogP contribution in [-0.4, -0.2) is 57.2 Å². The van der Waals surface area contributed by atoms with Gasteiger partial charge in [0.25, 0.3) is 0 Å². The van der Waals surface area contributed by atoms with Gasteiger partial charge in [0, 0.05) is 26.3 Å². The Hall–Kier alpha value is -3.73. The first-order valence-corrected chi connectivity index (χ1v) is 12.9. The van der Waals surface area contributed by atoms with Crippen molar-refractivity contribution in [3.8, 4) is 5.75 Å². The molecule has 0 bridgehead atoms. The highest BCUT2D eigenvalue weighted by atomic mass is 31.2. The molecular weight excluding hydrogens is 505 g/mol. The standard InChI is InChI=1S/C24H30N3O9P/c1-16(28)26-21(15-18-7-9-19(10-8-18)36-37(33,34)35)24(32)27-20(11-12-22(29)30)23(31)25-14-13-17-5-3-2-4-6-17/h2-10,20-21H,11-15H2,1H3,(H,25,31)(H,26,28)(H,27,32)(H,29,30)(H2,33,34,35). The van der Waals surface area contributed by atoms with E-state index >= 15 is 0 Å². The van der Waals surface area contributed by atoms with Gasteiger partial charge in [-0.15, -0.1) is 0 Å². The summed E-state index contributed by atoms with van der Waals surface area (Å²) in [6.45, 7) is 1.50. The molecule has 2 aromatic rings. The van der Waals surface area contributed by atoms with E-state index in [1.165, 1.54) is 31.2 Å². The lowest BCUT2D eigenvalue weighted by Gasteiger charge is -2.23. The van der Waals surface area contributed by atoms with E-state index in [-0.39, 0.29) is 31.6 Å². The van der Waals surface area contributed by atoms with Crippen molar-refractivity contribution >= 4 is 31.5 Å². The molecule has 12 nitrogen and oxygen atoms in total. The molecule has 37 heavy (non-hydrogen) atoms. The molecule has 0 aromatic heterocycles. The summed E-state index contributed by atoms with van der Waals surface area (Å²) in [6, 6.07) is 12.7. The van der Waals surface area contributed by atoms with E-state index < -0.39 is 43.6 Å². The maximum absolute atomic E-state index is 13.0. The van der Waals surface area contributed by atoms with Crippen molar-refractivity contribution in [1.82, 2.24) is 16.0 Å². The number of phosphoric acid groups is 1. The second kappa shape index (κ2) is 14.1. The topological polar surface area (TPSA) is 191 Å². The smallest absolute Gasteiger partial charge is 0.481 e. The SMILES string of the molecule is CC(=O)NC(Cc1ccc(OP(=O)(O)O)cc1)C(=O)NC(CCC(=O)O)C(=O)NCCc1ccccc1. The van der Waals surface area contributed by atoms with Crippen LogP contribution < -0.4 is 20.5 Å². The van der Waals surface area contributed by atoms with Gasteiger partial charge in [0.05, 0.1) is 0 Å². The predicted octanol–water partition coefficient (Wildman–Crippen LogP) is 0.914. The number of rotatable bonds is 14. The number of carbonyl (C=O) groups is 4. The highest BCUT2D eigenvalue weighted by Crippen LogP contribution is 2.37. The quantitative estimate of drug-likeness (QED) is 0.191. The average molecular weight is 535 g/mol. The number of hydrogen-bond acceptors (Lipinski definition) is 6. The molecule has 0 saturated carbocycles. The Morgan fingerprint density at radius 1 is 0.892 bits per heavy atom. The number of benzene rings is 2. The molecule has 0 aliphatic rings. The zero-order valence-corrected chi connectivity index (χ0v) is 21.0. The molecule has 200 valence electrons. The Bertz CT molecular complexity index is 1120. The molecule has 2 aromatic carbocycles. The summed E-state index contributed by atoms with van der Waals surface area (Å²) >= 11 is 0. The predicted molar refractivity (Wildman–Crippen MR) is 132 cm³/mol. The largest absolute Gasteiger partial charge is 0.524 e. The first-order valence-electron chi connectivity index (χ1n) is 11.4. The third kappa shape index (κ3) is 11.7. The molecule has 0 saturated heterocycles. The fourth-order valence-corrected chi connectivity index (χ4v) is 3.82. The van der Waals surface area contributed by atoms with Crippen LogP contribution >= 0.6 is 7.82 Å². The zero-order valence-electron chi connectivity index (χ0n) is 20.1. The van der Waals surface area contributed by atoms with E-state index in [2.05, 4.69) is 20.5 Å². The Labute approximate surface area is 213 Å². The van der Waals surface area contributed by atoms with Crippen molar-refractivity contribution < 1.29 is 43.2 Å². The van der Waals surface area contributed by atoms with Crippen LogP contribution in [0.4, 0.5) is 0 Å². The van der Waals surface area contributed by atoms with Gasteiger partial charge in [0.1, 0.15) is 17.8 Å². The van der Waals surface area contributed by atoms with Gasteiger partial charge in [-0.1, -0.05) is 42.5 Å².